The minimum atomic E-state index is -1.91. The van der Waals surface area contributed by atoms with E-state index in [2.05, 4.69) is 25.1 Å². The molecule has 0 radical (unpaired) electrons. The number of fused-ring (bicyclic) bond motifs is 1. The van der Waals surface area contributed by atoms with Crippen LogP contribution in [0.2, 0.25) is 0 Å². The second-order valence-electron chi connectivity index (χ2n) is 9.10. The molecule has 32 heavy (non-hydrogen) atoms. The Bertz CT molecular complexity index is 762. The zero-order valence-electron chi connectivity index (χ0n) is 19.7. The molecular weight excluding hydrogens is 423 g/mol. The van der Waals surface area contributed by atoms with Crippen molar-refractivity contribution < 1.29 is 8.76 Å². The van der Waals surface area contributed by atoms with Crippen molar-refractivity contribution in [2.75, 3.05) is 0 Å². The summed E-state index contributed by atoms with van der Waals surface area (Å²) in [4.78, 5) is 0.493. The Morgan fingerprint density at radius 3 is 1.69 bits per heavy atom. The molecule has 2 aromatic rings. The molecule has 0 aliphatic rings. The van der Waals surface area contributed by atoms with Gasteiger partial charge in [0.2, 0.25) is 0 Å². The Kier molecular flexibility index (Phi) is 17.9. The number of hydrogen-bond acceptors (Lipinski definition) is 1. The van der Waals surface area contributed by atoms with Crippen LogP contribution in [0.1, 0.15) is 115 Å². The van der Waals surface area contributed by atoms with Crippen LogP contribution < -0.4 is 0 Å². The van der Waals surface area contributed by atoms with Gasteiger partial charge in [0.1, 0.15) is 0 Å². The van der Waals surface area contributed by atoms with E-state index in [0.29, 0.717) is 4.90 Å². The number of unbranched alkanes of at least 4 members (excludes halogenated alkanes) is 15. The third-order valence-corrected chi connectivity index (χ3v) is 7.10. The van der Waals surface area contributed by atoms with Crippen LogP contribution in [0.3, 0.4) is 0 Å². The summed E-state index contributed by atoms with van der Waals surface area (Å²) in [5.41, 5.74) is 1.30. The van der Waals surface area contributed by atoms with E-state index in [9.17, 15) is 8.76 Å². The van der Waals surface area contributed by atoms with Gasteiger partial charge >= 0.3 is 29.6 Å². The fourth-order valence-corrected chi connectivity index (χ4v) is 4.91. The van der Waals surface area contributed by atoms with Crippen molar-refractivity contribution in [3.63, 3.8) is 0 Å². The first kappa shape index (κ1) is 29.8. The third-order valence-electron chi connectivity index (χ3n) is 6.45. The minimum absolute atomic E-state index is 0. The number of hydrogen-bond donors (Lipinski definition) is 1. The topological polar surface area (TPSA) is 37.3 Å². The van der Waals surface area contributed by atoms with Crippen LogP contribution in [-0.4, -0.2) is 38.3 Å². The van der Waals surface area contributed by atoms with Crippen LogP contribution in [-0.2, 0) is 17.5 Å². The Morgan fingerprint density at radius 2 is 1.19 bits per heavy atom. The van der Waals surface area contributed by atoms with E-state index in [1.807, 2.05) is 12.1 Å². The molecule has 2 aromatic carbocycles. The van der Waals surface area contributed by atoms with Crippen molar-refractivity contribution in [1.29, 1.82) is 0 Å². The van der Waals surface area contributed by atoms with Crippen LogP contribution in [0, 0.1) is 0 Å². The van der Waals surface area contributed by atoms with Gasteiger partial charge in [-0.3, -0.25) is 0 Å². The van der Waals surface area contributed by atoms with E-state index in [1.165, 1.54) is 108 Å². The summed E-state index contributed by atoms with van der Waals surface area (Å²) in [6, 6.07) is 11.9. The first-order valence-electron chi connectivity index (χ1n) is 12.8. The van der Waals surface area contributed by atoms with Crippen LogP contribution in [0.15, 0.2) is 41.3 Å². The van der Waals surface area contributed by atoms with Gasteiger partial charge in [-0.2, -0.15) is 0 Å². The fraction of sp³-hybridized carbons (Fsp3) is 0.643. The fourth-order valence-electron chi connectivity index (χ4n) is 4.51. The van der Waals surface area contributed by atoms with Gasteiger partial charge in [-0.1, -0.05) is 128 Å². The van der Waals surface area contributed by atoms with Gasteiger partial charge in [0.15, 0.2) is 11.1 Å². The molecule has 1 unspecified atom stereocenters. The molecule has 1 N–H and O–H groups in total. The van der Waals surface area contributed by atoms with E-state index in [0.717, 1.165) is 17.2 Å². The molecule has 0 heterocycles. The summed E-state index contributed by atoms with van der Waals surface area (Å²) in [6.45, 7) is 2.28. The standard InChI is InChI=1S/C28H44O2S.Na.H/c1-2-3-4-5-6-7-8-9-10-11-12-13-14-15-16-17-19-25-20-18-21-26-22-23-27(31(29)30)24-28(25)26;;/h18,20-24H,2-17,19H2,1H3,(H,29,30);;. The van der Waals surface area contributed by atoms with Crippen molar-refractivity contribution in [1.82, 2.24) is 0 Å². The molecule has 0 saturated heterocycles. The molecule has 0 aromatic heterocycles. The molecule has 2 rings (SSSR count). The zero-order chi connectivity index (χ0) is 22.2. The van der Waals surface area contributed by atoms with Gasteiger partial charge in [-0.15, -0.1) is 0 Å². The normalized spacial score (nSPS) is 12.1. The summed E-state index contributed by atoms with van der Waals surface area (Å²) in [7, 11) is 0. The maximum absolute atomic E-state index is 11.4. The Hall–Kier alpha value is -0.190. The van der Waals surface area contributed by atoms with Crippen molar-refractivity contribution >= 4 is 51.4 Å². The first-order chi connectivity index (χ1) is 15.2. The molecule has 0 fully saturated rings. The molecular formula is C28H45NaO2S. The summed E-state index contributed by atoms with van der Waals surface area (Å²) >= 11 is -1.91. The molecule has 4 heteroatoms. The zero-order valence-corrected chi connectivity index (χ0v) is 20.6. The van der Waals surface area contributed by atoms with Gasteiger partial charge in [0, 0.05) is 0 Å². The first-order valence-corrected chi connectivity index (χ1v) is 14.0. The molecule has 0 spiro atoms. The predicted molar refractivity (Wildman–Crippen MR) is 143 cm³/mol. The van der Waals surface area contributed by atoms with Crippen LogP contribution in [0.5, 0.6) is 0 Å². The average molecular weight is 469 g/mol. The summed E-state index contributed by atoms with van der Waals surface area (Å²) < 4.78 is 20.8. The Morgan fingerprint density at radius 1 is 0.688 bits per heavy atom. The average Bonchev–Trinajstić information content (AvgIpc) is 2.78. The molecule has 0 bridgehead atoms. The molecule has 0 amide bonds. The van der Waals surface area contributed by atoms with Crippen molar-refractivity contribution in [2.45, 2.75) is 121 Å². The van der Waals surface area contributed by atoms with Crippen molar-refractivity contribution in [3.05, 3.63) is 42.0 Å². The SMILES string of the molecule is CCCCCCCCCCCCCCCCCCc1cccc2ccc(S(=O)O)cc12.[NaH]. The Balaban J connectivity index is 0.00000512. The van der Waals surface area contributed by atoms with Crippen LogP contribution in [0.4, 0.5) is 0 Å². The van der Waals surface area contributed by atoms with E-state index < -0.39 is 11.1 Å². The Labute approximate surface area is 221 Å². The monoisotopic (exact) mass is 468 g/mol. The molecule has 2 nitrogen and oxygen atoms in total. The van der Waals surface area contributed by atoms with Gasteiger partial charge in [0.05, 0.1) is 4.90 Å². The van der Waals surface area contributed by atoms with Crippen molar-refractivity contribution in [3.8, 4) is 0 Å². The molecule has 0 saturated carbocycles. The number of rotatable bonds is 18. The molecule has 0 aliphatic carbocycles. The number of aryl methyl sites for hydroxylation is 1. The summed E-state index contributed by atoms with van der Waals surface area (Å²) in [5.74, 6) is 0. The quantitative estimate of drug-likeness (QED) is 0.135. The van der Waals surface area contributed by atoms with E-state index in [-0.39, 0.29) is 29.6 Å². The predicted octanol–water partition coefficient (Wildman–Crippen LogP) is 8.58. The van der Waals surface area contributed by atoms with Gasteiger partial charge in [-0.05, 0) is 41.3 Å². The van der Waals surface area contributed by atoms with Crippen LogP contribution in [0.25, 0.3) is 10.8 Å². The third kappa shape index (κ3) is 12.3. The van der Waals surface area contributed by atoms with E-state index in [4.69, 9.17) is 0 Å². The second-order valence-corrected chi connectivity index (χ2v) is 10.1. The maximum atomic E-state index is 11.4. The number of benzene rings is 2. The van der Waals surface area contributed by atoms with E-state index >= 15 is 0 Å². The molecule has 0 aliphatic heterocycles. The van der Waals surface area contributed by atoms with Crippen LogP contribution >= 0.6 is 0 Å². The second kappa shape index (κ2) is 19.2. The summed E-state index contributed by atoms with van der Waals surface area (Å²) in [5, 5.41) is 2.28. The molecule has 1 atom stereocenters. The molecule has 176 valence electrons. The van der Waals surface area contributed by atoms with E-state index in [1.54, 1.807) is 6.07 Å². The van der Waals surface area contributed by atoms with Gasteiger partial charge < -0.3 is 4.55 Å². The van der Waals surface area contributed by atoms with Gasteiger partial charge in [-0.25, -0.2) is 4.21 Å². The summed E-state index contributed by atoms with van der Waals surface area (Å²) in [6.07, 6.45) is 23.3. The van der Waals surface area contributed by atoms with Gasteiger partial charge in [0.25, 0.3) is 0 Å². The van der Waals surface area contributed by atoms with Crippen molar-refractivity contribution in [2.24, 2.45) is 0 Å².